The van der Waals surface area contributed by atoms with Gasteiger partial charge in [0, 0.05) is 31.5 Å². The normalized spacial score (nSPS) is 13.4. The van der Waals surface area contributed by atoms with E-state index < -0.39 is 5.82 Å². The number of fused-ring (bicyclic) bond motifs is 1. The van der Waals surface area contributed by atoms with Crippen LogP contribution in [0.25, 0.3) is 5.69 Å². The molecule has 0 bridgehead atoms. The van der Waals surface area contributed by atoms with Crippen molar-refractivity contribution in [3.8, 4) is 11.4 Å². The highest BCUT2D eigenvalue weighted by Crippen LogP contribution is 2.32. The van der Waals surface area contributed by atoms with E-state index in [1.807, 2.05) is 36.5 Å². The Morgan fingerprint density at radius 1 is 1.21 bits per heavy atom. The summed E-state index contributed by atoms with van der Waals surface area (Å²) in [6, 6.07) is 11.8. The molecule has 1 aliphatic heterocycles. The fourth-order valence-corrected chi connectivity index (χ4v) is 2.98. The molecule has 120 valence electrons. The quantitative estimate of drug-likeness (QED) is 0.806. The van der Waals surface area contributed by atoms with E-state index >= 15 is 0 Å². The molecular formula is C18H14FN3O2. The van der Waals surface area contributed by atoms with E-state index in [4.69, 9.17) is 0 Å². The number of carbonyl (C=O) groups excluding carboxylic acids is 1. The number of amides is 1. The number of carbonyl (C=O) groups is 1. The maximum Gasteiger partial charge on any atom is 0.258 e. The second-order valence-electron chi connectivity index (χ2n) is 5.74. The fourth-order valence-electron chi connectivity index (χ4n) is 2.98. The number of hydrogen-bond acceptors (Lipinski definition) is 3. The van der Waals surface area contributed by atoms with Crippen molar-refractivity contribution in [2.24, 2.45) is 0 Å². The lowest BCUT2D eigenvalue weighted by molar-refractivity contribution is 0.0764. The number of phenolic OH excluding ortho intramolecular Hbond substituents is 1. The molecule has 0 spiro atoms. The molecule has 0 unspecified atom stereocenters. The van der Waals surface area contributed by atoms with Crippen LogP contribution in [-0.4, -0.2) is 25.7 Å². The highest BCUT2D eigenvalue weighted by atomic mass is 19.1. The van der Waals surface area contributed by atoms with Gasteiger partial charge in [0.05, 0.1) is 11.3 Å². The summed E-state index contributed by atoms with van der Waals surface area (Å²) in [5, 5.41) is 14.0. The number of aromatic hydroxyl groups is 1. The number of phenols is 1. The molecule has 4 rings (SSSR count). The van der Waals surface area contributed by atoms with E-state index in [0.717, 1.165) is 17.3 Å². The monoisotopic (exact) mass is 323 g/mol. The van der Waals surface area contributed by atoms with Crippen LogP contribution in [-0.2, 0) is 13.1 Å². The lowest BCUT2D eigenvalue weighted by Gasteiger charge is -2.16. The van der Waals surface area contributed by atoms with E-state index in [2.05, 4.69) is 5.10 Å². The molecule has 6 heteroatoms. The molecule has 0 saturated heterocycles. The van der Waals surface area contributed by atoms with E-state index in [0.29, 0.717) is 18.7 Å². The maximum atomic E-state index is 13.4. The van der Waals surface area contributed by atoms with Crippen LogP contribution in [0, 0.1) is 5.82 Å². The Labute approximate surface area is 137 Å². The van der Waals surface area contributed by atoms with E-state index in [1.54, 1.807) is 15.8 Å². The molecule has 1 aliphatic rings. The van der Waals surface area contributed by atoms with Gasteiger partial charge in [-0.1, -0.05) is 12.1 Å². The minimum atomic E-state index is -0.538. The zero-order valence-electron chi connectivity index (χ0n) is 12.7. The van der Waals surface area contributed by atoms with Crippen molar-refractivity contribution in [3.63, 3.8) is 0 Å². The predicted octanol–water partition coefficient (Wildman–Crippen LogP) is 2.87. The van der Waals surface area contributed by atoms with Gasteiger partial charge in [0.15, 0.2) is 0 Å². The van der Waals surface area contributed by atoms with Crippen LogP contribution in [0.15, 0.2) is 54.9 Å². The molecule has 5 nitrogen and oxygen atoms in total. The number of rotatable bonds is 3. The first kappa shape index (κ1) is 14.4. The van der Waals surface area contributed by atoms with Crippen LogP contribution < -0.4 is 0 Å². The second-order valence-corrected chi connectivity index (χ2v) is 5.74. The smallest absolute Gasteiger partial charge is 0.258 e. The van der Waals surface area contributed by atoms with Crippen molar-refractivity contribution < 1.29 is 14.3 Å². The summed E-state index contributed by atoms with van der Waals surface area (Å²) in [6.07, 6.45) is 3.56. The molecule has 1 aromatic heterocycles. The third-order valence-electron chi connectivity index (χ3n) is 4.10. The lowest BCUT2D eigenvalue weighted by atomic mass is 10.1. The van der Waals surface area contributed by atoms with E-state index in [9.17, 15) is 14.3 Å². The Morgan fingerprint density at radius 2 is 2.00 bits per heavy atom. The first-order chi connectivity index (χ1) is 11.6. The van der Waals surface area contributed by atoms with Gasteiger partial charge in [0.1, 0.15) is 11.6 Å². The minimum absolute atomic E-state index is 0.199. The van der Waals surface area contributed by atoms with Crippen LogP contribution >= 0.6 is 0 Å². The summed E-state index contributed by atoms with van der Waals surface area (Å²) in [6.45, 7) is 0.689. The Balaban J connectivity index is 1.54. The molecule has 0 saturated carbocycles. The number of aromatic nitrogens is 2. The van der Waals surface area contributed by atoms with Crippen molar-refractivity contribution in [1.29, 1.82) is 0 Å². The lowest BCUT2D eigenvalue weighted by Crippen LogP contribution is -2.23. The number of halogens is 1. The number of nitrogens with zero attached hydrogens (tertiary/aromatic N) is 3. The van der Waals surface area contributed by atoms with Gasteiger partial charge in [-0.3, -0.25) is 4.79 Å². The average Bonchev–Trinajstić information content (AvgIpc) is 3.17. The summed E-state index contributed by atoms with van der Waals surface area (Å²) in [7, 11) is 0. The van der Waals surface area contributed by atoms with Gasteiger partial charge in [0.25, 0.3) is 5.91 Å². The molecule has 1 N–H and O–H groups in total. The van der Waals surface area contributed by atoms with Crippen molar-refractivity contribution in [1.82, 2.24) is 14.7 Å². The van der Waals surface area contributed by atoms with Gasteiger partial charge >= 0.3 is 0 Å². The van der Waals surface area contributed by atoms with Crippen molar-refractivity contribution in [2.75, 3.05) is 0 Å². The molecule has 24 heavy (non-hydrogen) atoms. The fraction of sp³-hybridized carbons (Fsp3) is 0.111. The molecule has 0 radical (unpaired) electrons. The van der Waals surface area contributed by atoms with Crippen LogP contribution in [0.4, 0.5) is 4.39 Å². The van der Waals surface area contributed by atoms with Gasteiger partial charge in [-0.15, -0.1) is 0 Å². The number of hydrogen-bond donors (Lipinski definition) is 1. The van der Waals surface area contributed by atoms with Gasteiger partial charge in [-0.05, 0) is 35.4 Å². The predicted molar refractivity (Wildman–Crippen MR) is 85.2 cm³/mol. The molecule has 2 aromatic carbocycles. The molecule has 0 aliphatic carbocycles. The van der Waals surface area contributed by atoms with Crippen molar-refractivity contribution in [3.05, 3.63) is 77.4 Å². The van der Waals surface area contributed by atoms with Crippen LogP contribution in [0.3, 0.4) is 0 Å². The van der Waals surface area contributed by atoms with Crippen LogP contribution in [0.5, 0.6) is 5.75 Å². The van der Waals surface area contributed by atoms with Gasteiger partial charge in [0.2, 0.25) is 0 Å². The highest BCUT2D eigenvalue weighted by molar-refractivity contribution is 6.00. The van der Waals surface area contributed by atoms with E-state index in [1.165, 1.54) is 6.07 Å². The summed E-state index contributed by atoms with van der Waals surface area (Å²) in [5.74, 6) is -1.12. The van der Waals surface area contributed by atoms with Crippen molar-refractivity contribution in [2.45, 2.75) is 13.1 Å². The first-order valence-electron chi connectivity index (χ1n) is 7.51. The molecule has 3 aromatic rings. The Hall–Kier alpha value is -3.15. The molecule has 0 atom stereocenters. The Morgan fingerprint density at radius 3 is 2.71 bits per heavy atom. The SMILES string of the molecule is O=C1c2c(O)cc(F)cc2CN1Cc1ccc(-n2cccn2)cc1. The van der Waals surface area contributed by atoms with Gasteiger partial charge in [-0.2, -0.15) is 5.10 Å². The zero-order chi connectivity index (χ0) is 16.7. The topological polar surface area (TPSA) is 58.4 Å². The standard InChI is InChI=1S/C18H14FN3O2/c19-14-8-13-11-21(18(24)17(13)16(23)9-14)10-12-2-4-15(5-3-12)22-7-1-6-20-22/h1-9,23H,10-11H2. The van der Waals surface area contributed by atoms with E-state index in [-0.39, 0.29) is 17.2 Å². The zero-order valence-corrected chi connectivity index (χ0v) is 12.7. The highest BCUT2D eigenvalue weighted by Gasteiger charge is 2.30. The second kappa shape index (κ2) is 5.49. The Kier molecular flexibility index (Phi) is 3.30. The van der Waals surface area contributed by atoms with Crippen LogP contribution in [0.2, 0.25) is 0 Å². The molecule has 1 amide bonds. The van der Waals surface area contributed by atoms with Crippen LogP contribution in [0.1, 0.15) is 21.5 Å². The first-order valence-corrected chi connectivity index (χ1v) is 7.51. The van der Waals surface area contributed by atoms with Gasteiger partial charge in [-0.25, -0.2) is 9.07 Å². The summed E-state index contributed by atoms with van der Waals surface area (Å²) >= 11 is 0. The summed E-state index contributed by atoms with van der Waals surface area (Å²) in [4.78, 5) is 14.0. The third-order valence-corrected chi connectivity index (χ3v) is 4.10. The summed E-state index contributed by atoms with van der Waals surface area (Å²) < 4.78 is 15.1. The minimum Gasteiger partial charge on any atom is -0.507 e. The molecule has 2 heterocycles. The molecular weight excluding hydrogens is 309 g/mol. The van der Waals surface area contributed by atoms with Crippen molar-refractivity contribution >= 4 is 5.91 Å². The number of benzene rings is 2. The third kappa shape index (κ3) is 2.42. The van der Waals surface area contributed by atoms with Gasteiger partial charge < -0.3 is 10.0 Å². The molecule has 0 fully saturated rings. The largest absolute Gasteiger partial charge is 0.507 e. The maximum absolute atomic E-state index is 13.4. The Bertz CT molecular complexity index is 905. The summed E-state index contributed by atoms with van der Waals surface area (Å²) in [5.41, 5.74) is 2.60. The average molecular weight is 323 g/mol.